The molecule has 0 radical (unpaired) electrons. The molecule has 0 bridgehead atoms. The number of anilines is 2. The third-order valence-corrected chi connectivity index (χ3v) is 7.35. The van der Waals surface area contributed by atoms with E-state index in [4.69, 9.17) is 0 Å². The number of halogens is 2. The lowest BCUT2D eigenvalue weighted by molar-refractivity contribution is 0.321. The highest BCUT2D eigenvalue weighted by molar-refractivity contribution is 5.83. The van der Waals surface area contributed by atoms with Gasteiger partial charge in [-0.2, -0.15) is 0 Å². The van der Waals surface area contributed by atoms with Crippen molar-refractivity contribution in [2.45, 2.75) is 53.0 Å². The van der Waals surface area contributed by atoms with Crippen LogP contribution in [0.5, 0.6) is 0 Å². The molecule has 1 aliphatic rings. The molecule has 5 rings (SSSR count). The van der Waals surface area contributed by atoms with Crippen LogP contribution in [0.15, 0.2) is 48.9 Å². The number of nitrogens with one attached hydrogen (secondary N) is 1. The summed E-state index contributed by atoms with van der Waals surface area (Å²) in [5.74, 6) is 1.07. The van der Waals surface area contributed by atoms with E-state index in [1.165, 1.54) is 6.07 Å². The molecule has 3 aromatic heterocycles. The number of benzene rings is 1. The minimum Gasteiger partial charge on any atom is -0.378 e. The van der Waals surface area contributed by atoms with E-state index in [0.29, 0.717) is 34.6 Å². The molecule has 1 aromatic carbocycles. The summed E-state index contributed by atoms with van der Waals surface area (Å²) in [6, 6.07) is 6.98. The zero-order valence-electron chi connectivity index (χ0n) is 22.4. The molecule has 0 aliphatic carbocycles. The van der Waals surface area contributed by atoms with Crippen LogP contribution in [0.4, 0.5) is 20.5 Å². The van der Waals surface area contributed by atoms with Gasteiger partial charge in [0.1, 0.15) is 22.9 Å². The average molecular weight is 518 g/mol. The maximum absolute atomic E-state index is 15.0. The number of imidazole rings is 1. The van der Waals surface area contributed by atoms with Crippen LogP contribution < -0.4 is 5.32 Å². The number of aryl methyl sites for hydroxylation is 1. The number of rotatable bonds is 7. The van der Waals surface area contributed by atoms with Crippen LogP contribution in [0, 0.1) is 24.5 Å². The van der Waals surface area contributed by atoms with Gasteiger partial charge in [0.25, 0.3) is 0 Å². The minimum atomic E-state index is -0.638. The van der Waals surface area contributed by atoms with Crippen molar-refractivity contribution in [2.24, 2.45) is 5.92 Å². The zero-order chi connectivity index (χ0) is 27.0. The van der Waals surface area contributed by atoms with Gasteiger partial charge < -0.3 is 14.8 Å². The van der Waals surface area contributed by atoms with Crippen LogP contribution in [-0.4, -0.2) is 42.5 Å². The zero-order valence-corrected chi connectivity index (χ0v) is 22.4. The standard InChI is InChI=1S/C29H33F2N7/c1-6-37-11-9-20(10-12-37)18(4)21-7-8-26(32-15-21)35-29-33-16-24(31)27(36-29)22-13-23(30)28-25(14-22)38(17(2)3)19(5)34-28/h7-9,11,13-18,20H,6,10,12H2,1-5H3,(H,32,33,35,36)/t18-,20?/m0/s1. The molecule has 1 N–H and O–H groups in total. The highest BCUT2D eigenvalue weighted by Crippen LogP contribution is 2.32. The summed E-state index contributed by atoms with van der Waals surface area (Å²) in [5, 5.41) is 3.05. The Bertz CT molecular complexity index is 1480. The third-order valence-electron chi connectivity index (χ3n) is 7.35. The SMILES string of the molecule is CCN1C=CC([C@H](C)c2ccc(Nc3ncc(F)c(-c4cc(F)c5nc(C)n(C(C)C)c5c4)n3)nc2)CC1. The van der Waals surface area contributed by atoms with E-state index in [1.54, 1.807) is 6.07 Å². The number of aromatic nitrogens is 5. The van der Waals surface area contributed by atoms with E-state index < -0.39 is 11.6 Å². The molecule has 1 unspecified atom stereocenters. The predicted octanol–water partition coefficient (Wildman–Crippen LogP) is 6.76. The van der Waals surface area contributed by atoms with Gasteiger partial charge in [-0.25, -0.2) is 28.7 Å². The van der Waals surface area contributed by atoms with E-state index in [9.17, 15) is 8.78 Å². The third kappa shape index (κ3) is 4.97. The van der Waals surface area contributed by atoms with Gasteiger partial charge in [0, 0.05) is 30.9 Å². The van der Waals surface area contributed by atoms with Crippen molar-refractivity contribution in [3.8, 4) is 11.3 Å². The lowest BCUT2D eigenvalue weighted by Gasteiger charge is -2.30. The summed E-state index contributed by atoms with van der Waals surface area (Å²) < 4.78 is 31.7. The molecule has 198 valence electrons. The Morgan fingerprint density at radius 1 is 1.05 bits per heavy atom. The monoisotopic (exact) mass is 517 g/mol. The first-order valence-electron chi connectivity index (χ1n) is 13.1. The Balaban J connectivity index is 1.38. The van der Waals surface area contributed by atoms with Crippen LogP contribution in [-0.2, 0) is 0 Å². The first kappa shape index (κ1) is 25.8. The quantitative estimate of drug-likeness (QED) is 0.292. The molecular weight excluding hydrogens is 484 g/mol. The van der Waals surface area contributed by atoms with Gasteiger partial charge in [0.15, 0.2) is 11.6 Å². The number of fused-ring (bicyclic) bond motifs is 1. The Morgan fingerprint density at radius 3 is 2.53 bits per heavy atom. The second kappa shape index (κ2) is 10.5. The summed E-state index contributed by atoms with van der Waals surface area (Å²) in [4.78, 5) is 19.7. The average Bonchev–Trinajstić information content (AvgIpc) is 3.26. The van der Waals surface area contributed by atoms with Gasteiger partial charge in [-0.3, -0.25) is 0 Å². The summed E-state index contributed by atoms with van der Waals surface area (Å²) in [6.45, 7) is 12.3. The Morgan fingerprint density at radius 2 is 1.87 bits per heavy atom. The first-order chi connectivity index (χ1) is 18.2. The lowest BCUT2D eigenvalue weighted by atomic mass is 9.85. The number of allylic oxidation sites excluding steroid dienone is 1. The fourth-order valence-corrected chi connectivity index (χ4v) is 5.20. The highest BCUT2D eigenvalue weighted by Gasteiger charge is 2.21. The molecule has 2 atom stereocenters. The van der Waals surface area contributed by atoms with Gasteiger partial charge in [-0.05, 0) is 75.9 Å². The highest BCUT2D eigenvalue weighted by atomic mass is 19.1. The second-order valence-electron chi connectivity index (χ2n) is 10.2. The van der Waals surface area contributed by atoms with Crippen molar-refractivity contribution < 1.29 is 8.78 Å². The van der Waals surface area contributed by atoms with Gasteiger partial charge >= 0.3 is 0 Å². The van der Waals surface area contributed by atoms with Crippen LogP contribution >= 0.6 is 0 Å². The van der Waals surface area contributed by atoms with Crippen molar-refractivity contribution >= 4 is 22.8 Å². The van der Waals surface area contributed by atoms with E-state index in [0.717, 1.165) is 31.3 Å². The fraction of sp³-hybridized carbons (Fsp3) is 0.379. The van der Waals surface area contributed by atoms with Crippen molar-refractivity contribution in [3.05, 3.63) is 72.0 Å². The molecule has 38 heavy (non-hydrogen) atoms. The van der Waals surface area contributed by atoms with Gasteiger partial charge in [0.05, 0.1) is 11.7 Å². The van der Waals surface area contributed by atoms with E-state index >= 15 is 0 Å². The summed E-state index contributed by atoms with van der Waals surface area (Å²) in [7, 11) is 0. The number of nitrogens with zero attached hydrogens (tertiary/aromatic N) is 6. The smallest absolute Gasteiger partial charge is 0.229 e. The molecular formula is C29H33F2N7. The largest absolute Gasteiger partial charge is 0.378 e. The Hall–Kier alpha value is -3.88. The maximum Gasteiger partial charge on any atom is 0.229 e. The Labute approximate surface area is 221 Å². The second-order valence-corrected chi connectivity index (χ2v) is 10.2. The topological polar surface area (TPSA) is 71.8 Å². The van der Waals surface area contributed by atoms with Crippen LogP contribution in [0.2, 0.25) is 0 Å². The Kier molecular flexibility index (Phi) is 7.10. The lowest BCUT2D eigenvalue weighted by Crippen LogP contribution is -2.26. The number of hydrogen-bond donors (Lipinski definition) is 1. The molecule has 0 saturated heterocycles. The summed E-state index contributed by atoms with van der Waals surface area (Å²) in [6.07, 6.45) is 8.53. The predicted molar refractivity (Wildman–Crippen MR) is 146 cm³/mol. The van der Waals surface area contributed by atoms with Crippen molar-refractivity contribution in [1.82, 2.24) is 29.4 Å². The number of hydrogen-bond acceptors (Lipinski definition) is 6. The molecule has 0 spiro atoms. The van der Waals surface area contributed by atoms with Crippen molar-refractivity contribution in [2.75, 3.05) is 18.4 Å². The maximum atomic E-state index is 15.0. The van der Waals surface area contributed by atoms with Crippen LogP contribution in [0.25, 0.3) is 22.3 Å². The van der Waals surface area contributed by atoms with E-state index in [2.05, 4.69) is 56.3 Å². The minimum absolute atomic E-state index is 0.00732. The molecule has 4 aromatic rings. The number of pyridine rings is 1. The molecule has 7 nitrogen and oxygen atoms in total. The normalized spacial score (nSPS) is 16.4. The molecule has 0 fully saturated rings. The first-order valence-corrected chi connectivity index (χ1v) is 13.1. The van der Waals surface area contributed by atoms with Crippen molar-refractivity contribution in [1.29, 1.82) is 0 Å². The van der Waals surface area contributed by atoms with E-state index in [-0.39, 0.29) is 23.2 Å². The fourth-order valence-electron chi connectivity index (χ4n) is 5.20. The molecule has 1 aliphatic heterocycles. The van der Waals surface area contributed by atoms with Gasteiger partial charge in [0.2, 0.25) is 5.95 Å². The summed E-state index contributed by atoms with van der Waals surface area (Å²) in [5.41, 5.74) is 2.34. The van der Waals surface area contributed by atoms with Gasteiger partial charge in [-0.1, -0.05) is 19.1 Å². The van der Waals surface area contributed by atoms with Crippen LogP contribution in [0.1, 0.15) is 57.5 Å². The van der Waals surface area contributed by atoms with Crippen molar-refractivity contribution in [3.63, 3.8) is 0 Å². The van der Waals surface area contributed by atoms with E-state index in [1.807, 2.05) is 43.7 Å². The van der Waals surface area contributed by atoms with Gasteiger partial charge in [-0.15, -0.1) is 0 Å². The molecule has 4 heterocycles. The van der Waals surface area contributed by atoms with Crippen LogP contribution in [0.3, 0.4) is 0 Å². The summed E-state index contributed by atoms with van der Waals surface area (Å²) >= 11 is 0. The molecule has 9 heteroatoms. The molecule has 0 saturated carbocycles. The molecule has 0 amide bonds.